The quantitative estimate of drug-likeness (QED) is 0.943. The topological polar surface area (TPSA) is 58.4 Å². The average Bonchev–Trinajstić information content (AvgIpc) is 2.93. The number of nitrogens with one attached hydrogen (secondary N) is 1. The molecule has 1 saturated heterocycles. The second-order valence-corrected chi connectivity index (χ2v) is 5.54. The van der Waals surface area contributed by atoms with Gasteiger partial charge in [-0.3, -0.25) is 4.79 Å². The number of carbonyl (C=O) groups excluding carboxylic acids is 1. The van der Waals surface area contributed by atoms with E-state index < -0.39 is 0 Å². The van der Waals surface area contributed by atoms with Crippen molar-refractivity contribution in [3.8, 4) is 0 Å². The van der Waals surface area contributed by atoms with Gasteiger partial charge in [-0.25, -0.2) is 4.98 Å². The molecular formula is C17H21N3O2. The maximum absolute atomic E-state index is 12.2. The summed E-state index contributed by atoms with van der Waals surface area (Å²) in [6.45, 7) is 2.41. The van der Waals surface area contributed by atoms with E-state index in [4.69, 9.17) is 4.42 Å². The van der Waals surface area contributed by atoms with Gasteiger partial charge in [-0.2, -0.15) is 0 Å². The molecule has 116 valence electrons. The molecule has 0 bridgehead atoms. The number of furan rings is 1. The molecule has 0 radical (unpaired) electrons. The van der Waals surface area contributed by atoms with Crippen molar-refractivity contribution in [1.82, 2.24) is 10.3 Å². The minimum absolute atomic E-state index is 0.173. The molecule has 5 nitrogen and oxygen atoms in total. The van der Waals surface area contributed by atoms with Crippen LogP contribution in [0.4, 0.5) is 5.82 Å². The fourth-order valence-corrected chi connectivity index (χ4v) is 2.70. The first-order chi connectivity index (χ1) is 10.8. The molecule has 1 N–H and O–H groups in total. The Kier molecular flexibility index (Phi) is 4.73. The maximum atomic E-state index is 12.2. The average molecular weight is 299 g/mol. The standard InChI is InChI=1S/C17H21N3O2/c21-17(18-13-14-7-6-12-22-14)15-8-5-9-16(19-15)20-10-3-1-2-4-11-20/h5-9,12H,1-4,10-11,13H2,(H,18,21). The first-order valence-electron chi connectivity index (χ1n) is 7.85. The molecule has 0 unspecified atom stereocenters. The van der Waals surface area contributed by atoms with Gasteiger partial charge in [-0.1, -0.05) is 18.9 Å². The molecule has 1 fully saturated rings. The van der Waals surface area contributed by atoms with Crippen molar-refractivity contribution in [2.75, 3.05) is 18.0 Å². The van der Waals surface area contributed by atoms with Gasteiger partial charge in [0, 0.05) is 13.1 Å². The molecule has 0 spiro atoms. The summed E-state index contributed by atoms with van der Waals surface area (Å²) in [6.07, 6.45) is 6.53. The van der Waals surface area contributed by atoms with E-state index in [0.717, 1.165) is 24.7 Å². The summed E-state index contributed by atoms with van der Waals surface area (Å²) in [6, 6.07) is 9.27. The second-order valence-electron chi connectivity index (χ2n) is 5.54. The number of anilines is 1. The lowest BCUT2D eigenvalue weighted by Crippen LogP contribution is -2.27. The lowest BCUT2D eigenvalue weighted by Gasteiger charge is -2.21. The van der Waals surface area contributed by atoms with Gasteiger partial charge in [0.15, 0.2) is 0 Å². The Morgan fingerprint density at radius 1 is 1.14 bits per heavy atom. The molecule has 0 atom stereocenters. The molecule has 1 aliphatic heterocycles. The molecular weight excluding hydrogens is 278 g/mol. The van der Waals surface area contributed by atoms with Crippen LogP contribution < -0.4 is 10.2 Å². The van der Waals surface area contributed by atoms with Crippen molar-refractivity contribution in [1.29, 1.82) is 0 Å². The molecule has 3 heterocycles. The van der Waals surface area contributed by atoms with Gasteiger partial charge in [0.1, 0.15) is 17.3 Å². The first kappa shape index (κ1) is 14.6. The van der Waals surface area contributed by atoms with Crippen molar-refractivity contribution >= 4 is 11.7 Å². The Balaban J connectivity index is 1.65. The number of rotatable bonds is 4. The van der Waals surface area contributed by atoms with Crippen LogP contribution in [0.25, 0.3) is 0 Å². The van der Waals surface area contributed by atoms with Crippen molar-refractivity contribution in [3.05, 3.63) is 48.0 Å². The number of aromatic nitrogens is 1. The van der Waals surface area contributed by atoms with E-state index >= 15 is 0 Å². The highest BCUT2D eigenvalue weighted by Crippen LogP contribution is 2.17. The van der Waals surface area contributed by atoms with E-state index in [1.54, 1.807) is 18.4 Å². The molecule has 1 aliphatic rings. The van der Waals surface area contributed by atoms with Gasteiger partial charge in [-0.15, -0.1) is 0 Å². The summed E-state index contributed by atoms with van der Waals surface area (Å²) in [4.78, 5) is 19.0. The van der Waals surface area contributed by atoms with Gasteiger partial charge in [-0.05, 0) is 37.1 Å². The Labute approximate surface area is 130 Å². The summed E-state index contributed by atoms with van der Waals surface area (Å²) < 4.78 is 5.21. The Morgan fingerprint density at radius 3 is 2.68 bits per heavy atom. The van der Waals surface area contributed by atoms with Crippen LogP contribution in [0.5, 0.6) is 0 Å². The molecule has 2 aromatic rings. The molecule has 0 aliphatic carbocycles. The molecule has 0 aromatic carbocycles. The van der Waals surface area contributed by atoms with Crippen LogP contribution in [0.3, 0.4) is 0 Å². The van der Waals surface area contributed by atoms with Crippen LogP contribution in [-0.4, -0.2) is 24.0 Å². The van der Waals surface area contributed by atoms with Crippen LogP contribution in [0, 0.1) is 0 Å². The summed E-state index contributed by atoms with van der Waals surface area (Å²) >= 11 is 0. The van der Waals surface area contributed by atoms with Gasteiger partial charge >= 0.3 is 0 Å². The fourth-order valence-electron chi connectivity index (χ4n) is 2.70. The fraction of sp³-hybridized carbons (Fsp3) is 0.412. The molecule has 3 rings (SSSR count). The number of amides is 1. The van der Waals surface area contributed by atoms with Crippen molar-refractivity contribution in [2.24, 2.45) is 0 Å². The van der Waals surface area contributed by atoms with E-state index in [1.165, 1.54) is 25.7 Å². The van der Waals surface area contributed by atoms with Crippen LogP contribution in [-0.2, 0) is 6.54 Å². The lowest BCUT2D eigenvalue weighted by molar-refractivity contribution is 0.0943. The number of hydrogen-bond acceptors (Lipinski definition) is 4. The molecule has 0 saturated carbocycles. The number of carbonyl (C=O) groups is 1. The van der Waals surface area contributed by atoms with E-state index in [-0.39, 0.29) is 5.91 Å². The number of nitrogens with zero attached hydrogens (tertiary/aromatic N) is 2. The minimum atomic E-state index is -0.173. The van der Waals surface area contributed by atoms with Gasteiger partial charge in [0.2, 0.25) is 0 Å². The van der Waals surface area contributed by atoms with E-state index in [2.05, 4.69) is 15.2 Å². The van der Waals surface area contributed by atoms with Crippen molar-refractivity contribution < 1.29 is 9.21 Å². The largest absolute Gasteiger partial charge is 0.467 e. The zero-order valence-electron chi connectivity index (χ0n) is 12.6. The lowest BCUT2D eigenvalue weighted by atomic mass is 10.2. The molecule has 1 amide bonds. The normalized spacial score (nSPS) is 15.4. The van der Waals surface area contributed by atoms with E-state index in [9.17, 15) is 4.79 Å². The Bertz CT molecular complexity index is 602. The summed E-state index contributed by atoms with van der Waals surface area (Å²) in [5.74, 6) is 1.46. The van der Waals surface area contributed by atoms with Crippen molar-refractivity contribution in [3.63, 3.8) is 0 Å². The van der Waals surface area contributed by atoms with Crippen LogP contribution in [0.1, 0.15) is 41.9 Å². The number of pyridine rings is 1. The zero-order valence-corrected chi connectivity index (χ0v) is 12.6. The van der Waals surface area contributed by atoms with Crippen LogP contribution >= 0.6 is 0 Å². The smallest absolute Gasteiger partial charge is 0.270 e. The molecule has 2 aromatic heterocycles. The monoisotopic (exact) mass is 299 g/mol. The summed E-state index contributed by atoms with van der Waals surface area (Å²) in [7, 11) is 0. The zero-order chi connectivity index (χ0) is 15.2. The summed E-state index contributed by atoms with van der Waals surface area (Å²) in [5, 5.41) is 2.83. The van der Waals surface area contributed by atoms with Crippen molar-refractivity contribution in [2.45, 2.75) is 32.2 Å². The number of hydrogen-bond donors (Lipinski definition) is 1. The highest BCUT2D eigenvalue weighted by molar-refractivity contribution is 5.92. The van der Waals surface area contributed by atoms with Crippen LogP contribution in [0.2, 0.25) is 0 Å². The maximum Gasteiger partial charge on any atom is 0.270 e. The SMILES string of the molecule is O=C(NCc1ccco1)c1cccc(N2CCCCCC2)n1. The third kappa shape index (κ3) is 3.67. The minimum Gasteiger partial charge on any atom is -0.467 e. The molecule has 22 heavy (non-hydrogen) atoms. The van der Waals surface area contributed by atoms with E-state index in [0.29, 0.717) is 12.2 Å². The van der Waals surface area contributed by atoms with Gasteiger partial charge in [0.05, 0.1) is 12.8 Å². The molecule has 5 heteroatoms. The van der Waals surface area contributed by atoms with Gasteiger partial charge < -0.3 is 14.6 Å². The Morgan fingerprint density at radius 2 is 1.95 bits per heavy atom. The third-order valence-electron chi connectivity index (χ3n) is 3.90. The first-order valence-corrected chi connectivity index (χ1v) is 7.85. The van der Waals surface area contributed by atoms with E-state index in [1.807, 2.05) is 18.2 Å². The Hall–Kier alpha value is -2.30. The third-order valence-corrected chi connectivity index (χ3v) is 3.90. The van der Waals surface area contributed by atoms with Gasteiger partial charge in [0.25, 0.3) is 5.91 Å². The highest BCUT2D eigenvalue weighted by atomic mass is 16.3. The second kappa shape index (κ2) is 7.11. The van der Waals surface area contributed by atoms with Crippen LogP contribution in [0.15, 0.2) is 41.0 Å². The predicted octanol–water partition coefficient (Wildman–Crippen LogP) is 2.99. The predicted molar refractivity (Wildman–Crippen MR) is 84.8 cm³/mol. The summed E-state index contributed by atoms with van der Waals surface area (Å²) in [5.41, 5.74) is 0.452. The highest BCUT2D eigenvalue weighted by Gasteiger charge is 2.14.